The fourth-order valence-corrected chi connectivity index (χ4v) is 5.14. The van der Waals surface area contributed by atoms with Crippen molar-refractivity contribution < 1.29 is 4.79 Å². The molecule has 0 radical (unpaired) electrons. The van der Waals surface area contributed by atoms with Gasteiger partial charge in [-0.05, 0) is 40.8 Å². The topological polar surface area (TPSA) is 90.5 Å². The van der Waals surface area contributed by atoms with Crippen LogP contribution in [0, 0.1) is 0 Å². The molecule has 0 bridgehead atoms. The molecule has 1 amide bonds. The number of imidazole rings is 1. The van der Waals surface area contributed by atoms with Crippen LogP contribution in [0.3, 0.4) is 0 Å². The van der Waals surface area contributed by atoms with Crippen molar-refractivity contribution >= 4 is 17.2 Å². The maximum absolute atomic E-state index is 13.5. The lowest BCUT2D eigenvalue weighted by atomic mass is 10.0. The second kappa shape index (κ2) is 7.25. The number of rotatable bonds is 5. The predicted octanol–water partition coefficient (Wildman–Crippen LogP) is 2.47. The maximum Gasteiger partial charge on any atom is 0.255 e. The van der Waals surface area contributed by atoms with Crippen LogP contribution in [0.25, 0.3) is 5.00 Å². The van der Waals surface area contributed by atoms with Gasteiger partial charge in [-0.1, -0.05) is 30.3 Å². The highest BCUT2D eigenvalue weighted by Crippen LogP contribution is 2.37. The fraction of sp³-hybridized carbons (Fsp3) is 0.250. The zero-order valence-electron chi connectivity index (χ0n) is 15.8. The van der Waals surface area contributed by atoms with E-state index < -0.39 is 0 Å². The minimum Gasteiger partial charge on any atom is -0.338 e. The number of carbonyl (C=O) groups is 1. The fourth-order valence-electron chi connectivity index (χ4n) is 3.84. The number of benzene rings is 1. The van der Waals surface area contributed by atoms with E-state index in [9.17, 15) is 4.79 Å². The van der Waals surface area contributed by atoms with E-state index in [1.165, 1.54) is 11.2 Å². The van der Waals surface area contributed by atoms with Gasteiger partial charge in [-0.3, -0.25) is 4.79 Å². The van der Waals surface area contributed by atoms with Crippen LogP contribution in [0.2, 0.25) is 0 Å². The van der Waals surface area contributed by atoms with Crippen LogP contribution in [0.15, 0.2) is 49.1 Å². The van der Waals surface area contributed by atoms with Crippen molar-refractivity contribution in [3.8, 4) is 5.00 Å². The van der Waals surface area contributed by atoms with Gasteiger partial charge in [-0.25, -0.2) is 4.98 Å². The van der Waals surface area contributed by atoms with Gasteiger partial charge in [0, 0.05) is 24.3 Å². The number of nitrogens with zero attached hydrogens (tertiary/aromatic N) is 6. The molecule has 0 saturated heterocycles. The summed E-state index contributed by atoms with van der Waals surface area (Å²) in [4.78, 5) is 19.3. The second-order valence-corrected chi connectivity index (χ2v) is 8.09. The molecule has 8 nitrogen and oxygen atoms in total. The summed E-state index contributed by atoms with van der Waals surface area (Å²) < 4.78 is 3.51. The average molecular weight is 405 g/mol. The summed E-state index contributed by atoms with van der Waals surface area (Å²) >= 11 is 1.60. The van der Waals surface area contributed by atoms with E-state index in [0.717, 1.165) is 41.2 Å². The normalized spacial score (nSPS) is 14.0. The van der Waals surface area contributed by atoms with E-state index in [-0.39, 0.29) is 11.9 Å². The number of aromatic nitrogens is 6. The molecule has 4 aromatic rings. The molecule has 1 atom stereocenters. The van der Waals surface area contributed by atoms with Crippen LogP contribution in [0.5, 0.6) is 0 Å². The number of amides is 1. The van der Waals surface area contributed by atoms with Gasteiger partial charge >= 0.3 is 0 Å². The van der Waals surface area contributed by atoms with E-state index in [4.69, 9.17) is 0 Å². The van der Waals surface area contributed by atoms with Crippen LogP contribution in [-0.4, -0.2) is 35.7 Å². The van der Waals surface area contributed by atoms with Gasteiger partial charge in [0.1, 0.15) is 23.2 Å². The van der Waals surface area contributed by atoms with Crippen molar-refractivity contribution in [3.05, 3.63) is 76.4 Å². The Balaban J connectivity index is 1.56. The average Bonchev–Trinajstić information content (AvgIpc) is 3.50. The lowest BCUT2D eigenvalue weighted by molar-refractivity contribution is 0.0940. The Morgan fingerprint density at radius 1 is 1.24 bits per heavy atom. The van der Waals surface area contributed by atoms with Gasteiger partial charge in [0.25, 0.3) is 5.91 Å². The van der Waals surface area contributed by atoms with Gasteiger partial charge in [-0.2, -0.15) is 4.68 Å². The molecule has 3 heterocycles. The summed E-state index contributed by atoms with van der Waals surface area (Å²) in [5.41, 5.74) is 2.76. The Labute approximate surface area is 171 Å². The molecule has 0 fully saturated rings. The maximum atomic E-state index is 13.5. The van der Waals surface area contributed by atoms with Crippen LogP contribution < -0.4 is 5.32 Å². The molecule has 1 N–H and O–H groups in total. The van der Waals surface area contributed by atoms with Crippen LogP contribution in [-0.2, 0) is 19.9 Å². The number of aryl methyl sites for hydroxylation is 2. The van der Waals surface area contributed by atoms with Gasteiger partial charge < -0.3 is 9.88 Å². The number of carbonyl (C=O) groups excluding carboxylic acids is 1. The van der Waals surface area contributed by atoms with Crippen molar-refractivity contribution in [1.29, 1.82) is 0 Å². The highest BCUT2D eigenvalue weighted by atomic mass is 32.1. The summed E-state index contributed by atoms with van der Waals surface area (Å²) in [6, 6.07) is 9.53. The third-order valence-corrected chi connectivity index (χ3v) is 6.49. The van der Waals surface area contributed by atoms with Gasteiger partial charge in [0.05, 0.1) is 5.56 Å². The number of hydrogen-bond acceptors (Lipinski definition) is 6. The third-order valence-electron chi connectivity index (χ3n) is 5.21. The highest BCUT2D eigenvalue weighted by Gasteiger charge is 2.30. The molecule has 0 spiro atoms. The molecule has 0 aliphatic heterocycles. The molecule has 1 aromatic carbocycles. The molecule has 0 saturated carbocycles. The van der Waals surface area contributed by atoms with E-state index in [0.29, 0.717) is 5.56 Å². The molecular formula is C20H19N7OS. The predicted molar refractivity (Wildman–Crippen MR) is 108 cm³/mol. The zero-order valence-corrected chi connectivity index (χ0v) is 16.6. The number of thiophene rings is 1. The molecule has 1 aliphatic carbocycles. The summed E-state index contributed by atoms with van der Waals surface area (Å²) in [6.07, 6.45) is 8.11. The van der Waals surface area contributed by atoms with E-state index in [1.54, 1.807) is 22.2 Å². The standard InChI is InChI=1S/C20H19N7OS/c1-26-11-10-21-18(26)17(13-6-3-2-4-7-13)23-19(28)16-14-8-5-9-15(14)29-20(16)27-12-22-24-25-27/h2-4,6-7,10-12,17H,5,8-9H2,1H3,(H,23,28)/t17-/m0/s1. The SMILES string of the molecule is Cn1ccnc1[C@@H](NC(=O)c1c(-n2cnnn2)sc2c1CCC2)c1ccccc1. The van der Waals surface area contributed by atoms with Crippen LogP contribution in [0.4, 0.5) is 0 Å². The van der Waals surface area contributed by atoms with Gasteiger partial charge in [-0.15, -0.1) is 16.4 Å². The molecular weight excluding hydrogens is 386 g/mol. The van der Waals surface area contributed by atoms with E-state index in [1.807, 2.05) is 48.1 Å². The van der Waals surface area contributed by atoms with E-state index in [2.05, 4.69) is 25.8 Å². The quantitative estimate of drug-likeness (QED) is 0.551. The van der Waals surface area contributed by atoms with Crippen molar-refractivity contribution in [2.75, 3.05) is 0 Å². The molecule has 5 rings (SSSR count). The third kappa shape index (κ3) is 3.13. The number of tetrazole rings is 1. The number of hydrogen-bond donors (Lipinski definition) is 1. The molecule has 9 heteroatoms. The summed E-state index contributed by atoms with van der Waals surface area (Å²) in [7, 11) is 1.93. The second-order valence-electron chi connectivity index (χ2n) is 7.01. The molecule has 29 heavy (non-hydrogen) atoms. The van der Waals surface area contributed by atoms with Gasteiger partial charge in [0.2, 0.25) is 0 Å². The largest absolute Gasteiger partial charge is 0.338 e. The van der Waals surface area contributed by atoms with Crippen molar-refractivity contribution in [2.24, 2.45) is 7.05 Å². The molecule has 146 valence electrons. The van der Waals surface area contributed by atoms with Crippen molar-refractivity contribution in [2.45, 2.75) is 25.3 Å². The smallest absolute Gasteiger partial charge is 0.255 e. The summed E-state index contributed by atoms with van der Waals surface area (Å²) in [5.74, 6) is 0.646. The Morgan fingerprint density at radius 3 is 2.83 bits per heavy atom. The highest BCUT2D eigenvalue weighted by molar-refractivity contribution is 7.15. The lowest BCUT2D eigenvalue weighted by Gasteiger charge is -2.19. The molecule has 1 aliphatic rings. The number of nitrogens with one attached hydrogen (secondary N) is 1. The minimum absolute atomic E-state index is 0.133. The first kappa shape index (κ1) is 17.7. The van der Waals surface area contributed by atoms with Crippen LogP contribution >= 0.6 is 11.3 Å². The van der Waals surface area contributed by atoms with E-state index >= 15 is 0 Å². The van der Waals surface area contributed by atoms with Crippen molar-refractivity contribution in [3.63, 3.8) is 0 Å². The van der Waals surface area contributed by atoms with Crippen LogP contribution in [0.1, 0.15) is 44.6 Å². The summed E-state index contributed by atoms with van der Waals surface area (Å²) in [5, 5.41) is 15.5. The number of fused-ring (bicyclic) bond motifs is 1. The molecule has 3 aromatic heterocycles. The zero-order chi connectivity index (χ0) is 19.8. The lowest BCUT2D eigenvalue weighted by Crippen LogP contribution is -2.32. The first-order chi connectivity index (χ1) is 14.2. The first-order valence-electron chi connectivity index (χ1n) is 9.43. The Bertz CT molecular complexity index is 1150. The van der Waals surface area contributed by atoms with Crippen molar-refractivity contribution in [1.82, 2.24) is 35.1 Å². The Morgan fingerprint density at radius 2 is 2.10 bits per heavy atom. The van der Waals surface area contributed by atoms with Gasteiger partial charge in [0.15, 0.2) is 0 Å². The summed E-state index contributed by atoms with van der Waals surface area (Å²) in [6.45, 7) is 0. The monoisotopic (exact) mass is 405 g/mol. The Hall–Kier alpha value is -3.33. The first-order valence-corrected chi connectivity index (χ1v) is 10.2. The Kier molecular flexibility index (Phi) is 4.44. The minimum atomic E-state index is -0.359. The molecule has 0 unspecified atom stereocenters.